The molecule has 0 saturated heterocycles. The lowest BCUT2D eigenvalue weighted by Crippen LogP contribution is -2.23. The Morgan fingerprint density at radius 1 is 1.00 bits per heavy atom. The fourth-order valence-electron chi connectivity index (χ4n) is 2.82. The predicted molar refractivity (Wildman–Crippen MR) is 110 cm³/mol. The molecule has 0 aliphatic rings. The third-order valence-corrected chi connectivity index (χ3v) is 4.26. The first-order valence-corrected chi connectivity index (χ1v) is 9.06. The van der Waals surface area contributed by atoms with Gasteiger partial charge in [-0.3, -0.25) is 9.59 Å². The maximum Gasteiger partial charge on any atom is 0.244 e. The fraction of sp³-hybridized carbons (Fsp3) is 0.286. The molecule has 2 amide bonds. The Morgan fingerprint density at radius 3 is 2.19 bits per heavy atom. The molecular formula is C21H24ClN3O2. The molecule has 0 radical (unpaired) electrons. The Bertz CT molecular complexity index is 850. The van der Waals surface area contributed by atoms with E-state index in [1.165, 1.54) is 0 Å². The Labute approximate surface area is 164 Å². The number of hydrogen-bond acceptors (Lipinski definition) is 3. The summed E-state index contributed by atoms with van der Waals surface area (Å²) in [5.74, 6) is -0.416. The van der Waals surface area contributed by atoms with Crippen molar-refractivity contribution in [2.45, 2.75) is 40.5 Å². The molecule has 2 rings (SSSR count). The van der Waals surface area contributed by atoms with E-state index in [4.69, 9.17) is 11.6 Å². The molecule has 0 bridgehead atoms. The van der Waals surface area contributed by atoms with Gasteiger partial charge in [0.2, 0.25) is 11.8 Å². The second-order valence-corrected chi connectivity index (χ2v) is 7.12. The van der Waals surface area contributed by atoms with Crippen LogP contribution in [0.4, 0.5) is 5.69 Å². The smallest absolute Gasteiger partial charge is 0.244 e. The second-order valence-electron chi connectivity index (χ2n) is 6.68. The average molecular weight is 386 g/mol. The molecule has 0 fully saturated rings. The van der Waals surface area contributed by atoms with Crippen molar-refractivity contribution in [3.05, 3.63) is 63.7 Å². The molecular weight excluding hydrogens is 362 g/mol. The van der Waals surface area contributed by atoms with Crippen molar-refractivity contribution in [1.29, 1.82) is 0 Å². The van der Waals surface area contributed by atoms with Gasteiger partial charge in [0.05, 0.1) is 12.8 Å². The molecule has 142 valence electrons. The first-order valence-electron chi connectivity index (χ1n) is 8.68. The van der Waals surface area contributed by atoms with Gasteiger partial charge in [0.1, 0.15) is 0 Å². The van der Waals surface area contributed by atoms with Crippen LogP contribution < -0.4 is 10.7 Å². The maximum absolute atomic E-state index is 12.3. The standard InChI is InChI=1S/C21H24ClN3O2/c1-13-9-14(2)21(15(3)10-13)23-19(26)11-16(4)24-25-20(27)12-17-5-7-18(22)8-6-17/h5-10H,11-12H2,1-4H3,(H,23,26)(H,25,27)/b24-16-. The van der Waals surface area contributed by atoms with Crippen molar-refractivity contribution in [2.24, 2.45) is 5.10 Å². The fourth-order valence-corrected chi connectivity index (χ4v) is 2.94. The first kappa shape index (κ1) is 20.6. The highest BCUT2D eigenvalue weighted by Crippen LogP contribution is 2.22. The van der Waals surface area contributed by atoms with Crippen LogP contribution in [0, 0.1) is 20.8 Å². The summed E-state index contributed by atoms with van der Waals surface area (Å²) in [5.41, 5.74) is 7.87. The van der Waals surface area contributed by atoms with Crippen molar-refractivity contribution in [3.63, 3.8) is 0 Å². The molecule has 0 aliphatic heterocycles. The number of carbonyl (C=O) groups is 2. The van der Waals surface area contributed by atoms with Crippen molar-refractivity contribution in [1.82, 2.24) is 5.43 Å². The van der Waals surface area contributed by atoms with Crippen LogP contribution in [0.5, 0.6) is 0 Å². The van der Waals surface area contributed by atoms with Gasteiger partial charge in [0.25, 0.3) is 0 Å². The minimum absolute atomic E-state index is 0.105. The molecule has 0 heterocycles. The first-order chi connectivity index (χ1) is 12.7. The van der Waals surface area contributed by atoms with Crippen LogP contribution in [0.1, 0.15) is 35.6 Å². The second kappa shape index (κ2) is 9.33. The Kier molecular flexibility index (Phi) is 7.13. The molecule has 0 aromatic heterocycles. The lowest BCUT2D eigenvalue weighted by atomic mass is 10.0. The number of hydrogen-bond donors (Lipinski definition) is 2. The molecule has 2 aromatic rings. The molecule has 0 aliphatic carbocycles. The number of hydrazone groups is 1. The normalized spacial score (nSPS) is 11.2. The van der Waals surface area contributed by atoms with E-state index in [1.807, 2.05) is 32.9 Å². The van der Waals surface area contributed by atoms with E-state index in [0.29, 0.717) is 10.7 Å². The van der Waals surface area contributed by atoms with Gasteiger partial charge in [0, 0.05) is 16.4 Å². The third kappa shape index (κ3) is 6.53. The van der Waals surface area contributed by atoms with Gasteiger partial charge >= 0.3 is 0 Å². The highest BCUT2D eigenvalue weighted by atomic mass is 35.5. The Balaban J connectivity index is 1.88. The minimum atomic E-state index is -0.248. The summed E-state index contributed by atoms with van der Waals surface area (Å²) in [6, 6.07) is 11.1. The van der Waals surface area contributed by atoms with Crippen LogP contribution >= 0.6 is 11.6 Å². The zero-order chi connectivity index (χ0) is 20.0. The maximum atomic E-state index is 12.3. The van der Waals surface area contributed by atoms with Gasteiger partial charge in [0.15, 0.2) is 0 Å². The van der Waals surface area contributed by atoms with Gasteiger partial charge in [-0.05, 0) is 56.5 Å². The van der Waals surface area contributed by atoms with Crippen LogP contribution in [-0.2, 0) is 16.0 Å². The van der Waals surface area contributed by atoms with Crippen LogP contribution in [0.15, 0.2) is 41.5 Å². The molecule has 0 atom stereocenters. The molecule has 2 aromatic carbocycles. The highest BCUT2D eigenvalue weighted by Gasteiger charge is 2.10. The lowest BCUT2D eigenvalue weighted by molar-refractivity contribution is -0.120. The number of anilines is 1. The van der Waals surface area contributed by atoms with Gasteiger partial charge in [-0.25, -0.2) is 5.43 Å². The van der Waals surface area contributed by atoms with E-state index in [-0.39, 0.29) is 24.7 Å². The van der Waals surface area contributed by atoms with Gasteiger partial charge in [-0.15, -0.1) is 0 Å². The van der Waals surface area contributed by atoms with E-state index < -0.39 is 0 Å². The molecule has 0 unspecified atom stereocenters. The number of nitrogens with zero attached hydrogens (tertiary/aromatic N) is 1. The van der Waals surface area contributed by atoms with Gasteiger partial charge in [-0.1, -0.05) is 41.4 Å². The summed E-state index contributed by atoms with van der Waals surface area (Å²) >= 11 is 5.82. The molecule has 6 heteroatoms. The summed E-state index contributed by atoms with van der Waals surface area (Å²) in [6.45, 7) is 7.66. The van der Waals surface area contributed by atoms with Crippen molar-refractivity contribution in [3.8, 4) is 0 Å². The molecule has 2 N–H and O–H groups in total. The van der Waals surface area contributed by atoms with Crippen molar-refractivity contribution in [2.75, 3.05) is 5.32 Å². The summed E-state index contributed by atoms with van der Waals surface area (Å²) in [6.07, 6.45) is 0.301. The number of amides is 2. The number of benzene rings is 2. The molecule has 0 spiro atoms. The Morgan fingerprint density at radius 2 is 1.59 bits per heavy atom. The average Bonchev–Trinajstić information content (AvgIpc) is 2.58. The van der Waals surface area contributed by atoms with E-state index in [9.17, 15) is 9.59 Å². The van der Waals surface area contributed by atoms with Crippen LogP contribution in [0.3, 0.4) is 0 Å². The van der Waals surface area contributed by atoms with Crippen LogP contribution in [0.25, 0.3) is 0 Å². The van der Waals surface area contributed by atoms with Crippen molar-refractivity contribution < 1.29 is 9.59 Å². The number of aryl methyl sites for hydroxylation is 3. The van der Waals surface area contributed by atoms with E-state index in [1.54, 1.807) is 31.2 Å². The zero-order valence-corrected chi connectivity index (χ0v) is 16.8. The van der Waals surface area contributed by atoms with E-state index in [2.05, 4.69) is 15.8 Å². The van der Waals surface area contributed by atoms with E-state index >= 15 is 0 Å². The zero-order valence-electron chi connectivity index (χ0n) is 16.0. The third-order valence-electron chi connectivity index (χ3n) is 4.01. The SMILES string of the molecule is C/C(CC(=O)Nc1c(C)cc(C)cc1C)=N/NC(=O)Cc1ccc(Cl)cc1. The number of carbonyl (C=O) groups excluding carboxylic acids is 2. The van der Waals surface area contributed by atoms with Gasteiger partial charge in [-0.2, -0.15) is 5.10 Å². The lowest BCUT2D eigenvalue weighted by Gasteiger charge is -2.12. The topological polar surface area (TPSA) is 70.6 Å². The van der Waals surface area contributed by atoms with E-state index in [0.717, 1.165) is 27.9 Å². The summed E-state index contributed by atoms with van der Waals surface area (Å²) in [4.78, 5) is 24.2. The largest absolute Gasteiger partial charge is 0.325 e. The molecule has 5 nitrogen and oxygen atoms in total. The number of rotatable bonds is 6. The minimum Gasteiger partial charge on any atom is -0.325 e. The Hall–Kier alpha value is -2.66. The summed E-state index contributed by atoms with van der Waals surface area (Å²) < 4.78 is 0. The number of nitrogens with one attached hydrogen (secondary N) is 2. The monoisotopic (exact) mass is 385 g/mol. The summed E-state index contributed by atoms with van der Waals surface area (Å²) in [7, 11) is 0. The summed E-state index contributed by atoms with van der Waals surface area (Å²) in [5, 5.41) is 7.56. The molecule has 0 saturated carbocycles. The van der Waals surface area contributed by atoms with Gasteiger partial charge < -0.3 is 5.32 Å². The quantitative estimate of drug-likeness (QED) is 0.574. The van der Waals surface area contributed by atoms with Crippen LogP contribution in [0.2, 0.25) is 5.02 Å². The van der Waals surface area contributed by atoms with Crippen molar-refractivity contribution >= 4 is 34.8 Å². The highest BCUT2D eigenvalue weighted by molar-refractivity contribution is 6.30. The predicted octanol–water partition coefficient (Wildman–Crippen LogP) is 4.33. The number of halogens is 1. The van der Waals surface area contributed by atoms with Crippen LogP contribution in [-0.4, -0.2) is 17.5 Å². The molecule has 27 heavy (non-hydrogen) atoms.